The predicted molar refractivity (Wildman–Crippen MR) is 201 cm³/mol. The molecule has 0 heterocycles. The van der Waals surface area contributed by atoms with Crippen LogP contribution in [0, 0.1) is 47.3 Å². The summed E-state index contributed by atoms with van der Waals surface area (Å²) >= 11 is 0. The predicted octanol–water partition coefficient (Wildman–Crippen LogP) is 7.57. The molecular weight excluding hydrogens is 664 g/mol. The monoisotopic (exact) mass is 732 g/mol. The van der Waals surface area contributed by atoms with E-state index in [9.17, 15) is 49.2 Å². The Hall–Kier alpha value is -2.98. The smallest absolute Gasteiger partial charge is 0.190 e. The highest BCUT2D eigenvalue weighted by Gasteiger charge is 2.59. The van der Waals surface area contributed by atoms with Gasteiger partial charge in [-0.3, -0.25) is 28.8 Å². The van der Waals surface area contributed by atoms with Gasteiger partial charge < -0.3 is 20.4 Å². The summed E-state index contributed by atoms with van der Waals surface area (Å²) < 4.78 is 0. The van der Waals surface area contributed by atoms with Gasteiger partial charge in [0.25, 0.3) is 0 Å². The molecule has 296 valence electrons. The van der Waals surface area contributed by atoms with Crippen molar-refractivity contribution in [2.45, 2.75) is 158 Å². The Balaban J connectivity index is 0.000000520. The van der Waals surface area contributed by atoms with E-state index in [0.29, 0.717) is 25.7 Å². The van der Waals surface area contributed by atoms with Crippen molar-refractivity contribution >= 4 is 34.7 Å². The summed E-state index contributed by atoms with van der Waals surface area (Å²) in [4.78, 5) is 76.2. The van der Waals surface area contributed by atoms with Crippen LogP contribution in [0.4, 0.5) is 0 Å². The Kier molecular flexibility index (Phi) is 18.0. The lowest BCUT2D eigenvalue weighted by molar-refractivity contribution is -0.145. The first kappa shape index (κ1) is 47.0. The summed E-state index contributed by atoms with van der Waals surface area (Å²) in [5.41, 5.74) is -5.26. The molecule has 2 aliphatic carbocycles. The maximum atomic E-state index is 12.9. The molecule has 0 amide bonds. The molecule has 10 heteroatoms. The van der Waals surface area contributed by atoms with Crippen LogP contribution in [0.2, 0.25) is 0 Å². The Morgan fingerprint density at radius 2 is 0.769 bits per heavy atom. The SMILES string of the molecule is CC(C)CCC(=O)[C@@]1(O)C(O)=C(C(=O)CC(C)C)C(=O)[C@@H]1CCC(C)C.CC(C)CCC(=O)[C@]1(O)C(O)=C(C(=O)CC(C)C)C(=O)[C@H]1CCC(C)C. The first-order valence-corrected chi connectivity index (χ1v) is 19.4. The molecule has 0 aromatic carbocycles. The van der Waals surface area contributed by atoms with Gasteiger partial charge in [-0.15, -0.1) is 0 Å². The Morgan fingerprint density at radius 1 is 0.500 bits per heavy atom. The van der Waals surface area contributed by atoms with Crippen molar-refractivity contribution in [1.82, 2.24) is 0 Å². The fourth-order valence-electron chi connectivity index (χ4n) is 6.71. The highest BCUT2D eigenvalue weighted by molar-refractivity contribution is 6.26. The van der Waals surface area contributed by atoms with E-state index in [1.807, 2.05) is 83.1 Å². The molecule has 4 N–H and O–H groups in total. The van der Waals surface area contributed by atoms with E-state index >= 15 is 0 Å². The van der Waals surface area contributed by atoms with Crippen LogP contribution in [-0.4, -0.2) is 66.3 Å². The fourth-order valence-corrected chi connectivity index (χ4v) is 6.71. The van der Waals surface area contributed by atoms with Crippen LogP contribution in [0.5, 0.6) is 0 Å². The van der Waals surface area contributed by atoms with Gasteiger partial charge in [-0.25, -0.2) is 0 Å². The van der Waals surface area contributed by atoms with E-state index in [-0.39, 0.29) is 85.2 Å². The van der Waals surface area contributed by atoms with Crippen molar-refractivity contribution in [2.75, 3.05) is 0 Å². The largest absolute Gasteiger partial charge is 0.508 e. The molecule has 2 aliphatic rings. The number of carbonyl (C=O) groups excluding carboxylic acids is 6. The highest BCUT2D eigenvalue weighted by atomic mass is 16.4. The molecule has 0 aromatic heterocycles. The summed E-state index contributed by atoms with van der Waals surface area (Å²) in [7, 11) is 0. The Labute approximate surface area is 311 Å². The average Bonchev–Trinajstić information content (AvgIpc) is 3.33. The van der Waals surface area contributed by atoms with Crippen molar-refractivity contribution in [3.8, 4) is 0 Å². The van der Waals surface area contributed by atoms with Crippen LogP contribution in [0.15, 0.2) is 22.7 Å². The maximum absolute atomic E-state index is 12.9. The van der Waals surface area contributed by atoms with Crippen molar-refractivity contribution in [3.05, 3.63) is 22.7 Å². The molecule has 0 bridgehead atoms. The van der Waals surface area contributed by atoms with Crippen LogP contribution in [-0.2, 0) is 28.8 Å². The number of allylic oxidation sites excluding steroid dienone is 2. The van der Waals surface area contributed by atoms with E-state index in [4.69, 9.17) is 0 Å². The molecule has 2 rings (SSSR count). The number of ketones is 6. The molecule has 0 unspecified atom stereocenters. The lowest BCUT2D eigenvalue weighted by Gasteiger charge is -2.28. The maximum Gasteiger partial charge on any atom is 0.190 e. The highest BCUT2D eigenvalue weighted by Crippen LogP contribution is 2.44. The quantitative estimate of drug-likeness (QED) is 0.0911. The number of rotatable bonds is 20. The first-order valence-electron chi connectivity index (χ1n) is 19.4. The van der Waals surface area contributed by atoms with E-state index in [1.54, 1.807) is 0 Å². The summed E-state index contributed by atoms with van der Waals surface area (Å²) in [6, 6.07) is 0. The van der Waals surface area contributed by atoms with Gasteiger partial charge >= 0.3 is 0 Å². The van der Waals surface area contributed by atoms with Crippen LogP contribution >= 0.6 is 0 Å². The number of carbonyl (C=O) groups is 6. The second kappa shape index (κ2) is 19.9. The molecular formula is C42H68O10. The number of Topliss-reactive ketones (excluding diaryl/α,β-unsaturated/α-hetero) is 6. The van der Waals surface area contributed by atoms with E-state index in [2.05, 4.69) is 0 Å². The van der Waals surface area contributed by atoms with Gasteiger partial charge in [-0.05, 0) is 61.2 Å². The minimum atomic E-state index is -2.26. The zero-order valence-electron chi connectivity index (χ0n) is 33.9. The third kappa shape index (κ3) is 11.5. The summed E-state index contributed by atoms with van der Waals surface area (Å²) in [5.74, 6) is -5.84. The second-order valence-corrected chi connectivity index (χ2v) is 17.5. The van der Waals surface area contributed by atoms with Crippen LogP contribution in [0.3, 0.4) is 0 Å². The van der Waals surface area contributed by atoms with Gasteiger partial charge in [0, 0.05) is 25.7 Å². The van der Waals surface area contributed by atoms with Crippen molar-refractivity contribution < 1.29 is 49.2 Å². The zero-order chi connectivity index (χ0) is 40.5. The number of aliphatic hydroxyl groups is 4. The average molecular weight is 733 g/mol. The number of aliphatic hydroxyl groups excluding tert-OH is 2. The van der Waals surface area contributed by atoms with Gasteiger partial charge in [0.15, 0.2) is 45.9 Å². The lowest BCUT2D eigenvalue weighted by Crippen LogP contribution is -2.47. The minimum absolute atomic E-state index is 0.00931. The summed E-state index contributed by atoms with van der Waals surface area (Å²) in [6.07, 6.45) is 3.20. The topological polar surface area (TPSA) is 183 Å². The molecule has 0 saturated heterocycles. The molecule has 10 nitrogen and oxygen atoms in total. The lowest BCUT2D eigenvalue weighted by atomic mass is 9.79. The van der Waals surface area contributed by atoms with E-state index in [1.165, 1.54) is 0 Å². The third-order valence-corrected chi connectivity index (χ3v) is 9.89. The van der Waals surface area contributed by atoms with Crippen LogP contribution < -0.4 is 0 Å². The van der Waals surface area contributed by atoms with Gasteiger partial charge in [0.05, 0.1) is 11.8 Å². The summed E-state index contributed by atoms with van der Waals surface area (Å²) in [6.45, 7) is 23.1. The molecule has 0 spiro atoms. The minimum Gasteiger partial charge on any atom is -0.508 e. The van der Waals surface area contributed by atoms with Crippen molar-refractivity contribution in [3.63, 3.8) is 0 Å². The Bertz CT molecular complexity index is 1270. The van der Waals surface area contributed by atoms with Crippen LogP contribution in [0.1, 0.15) is 147 Å². The normalized spacial score (nSPS) is 23.6. The first-order chi connectivity index (χ1) is 23.8. The summed E-state index contributed by atoms with van der Waals surface area (Å²) in [5, 5.41) is 43.4. The molecule has 0 saturated carbocycles. The van der Waals surface area contributed by atoms with Crippen molar-refractivity contribution in [2.24, 2.45) is 47.3 Å². The Morgan fingerprint density at radius 3 is 1.00 bits per heavy atom. The van der Waals surface area contributed by atoms with Gasteiger partial charge in [-0.2, -0.15) is 0 Å². The van der Waals surface area contributed by atoms with Gasteiger partial charge in [0.1, 0.15) is 22.7 Å². The third-order valence-electron chi connectivity index (χ3n) is 9.89. The molecule has 52 heavy (non-hydrogen) atoms. The fraction of sp³-hybridized carbons (Fsp3) is 0.762. The second-order valence-electron chi connectivity index (χ2n) is 17.5. The van der Waals surface area contributed by atoms with Gasteiger partial charge in [0.2, 0.25) is 0 Å². The standard InChI is InChI=1S/2C21H34O5/c2*1-12(2)7-9-15-19(24)18(16(22)11-14(5)6)20(25)21(15,26)17(23)10-8-13(3)4/h2*12-15,25-26H,7-11H2,1-6H3/t2*15-,21+/m10/s1. The molecule has 0 radical (unpaired) electrons. The van der Waals surface area contributed by atoms with E-state index in [0.717, 1.165) is 0 Å². The number of hydrogen-bond donors (Lipinski definition) is 4. The van der Waals surface area contributed by atoms with Gasteiger partial charge in [-0.1, -0.05) is 95.9 Å². The molecule has 4 atom stereocenters. The van der Waals surface area contributed by atoms with Crippen molar-refractivity contribution in [1.29, 1.82) is 0 Å². The molecule has 0 fully saturated rings. The molecule has 0 aliphatic heterocycles. The molecule has 0 aromatic rings. The van der Waals surface area contributed by atoms with Crippen LogP contribution in [0.25, 0.3) is 0 Å². The zero-order valence-corrected chi connectivity index (χ0v) is 33.9. The number of hydrogen-bond acceptors (Lipinski definition) is 10. The van der Waals surface area contributed by atoms with E-state index < -0.39 is 69.3 Å².